The fraction of sp³-hybridized carbons (Fsp3) is 0.783. The van der Waals surface area contributed by atoms with Gasteiger partial charge in [-0.05, 0) is 70.0 Å². The number of piperidine rings is 1. The van der Waals surface area contributed by atoms with Crippen LogP contribution in [0.15, 0.2) is 22.5 Å². The van der Waals surface area contributed by atoms with Crippen LogP contribution in [0.25, 0.3) is 0 Å². The highest BCUT2D eigenvalue weighted by Gasteiger charge is 2.66. The van der Waals surface area contributed by atoms with Crippen molar-refractivity contribution in [2.24, 2.45) is 22.2 Å². The number of fused-ring (bicyclic) bond motifs is 2. The Morgan fingerprint density at radius 3 is 2.97 bits per heavy atom. The number of nitrogens with zero attached hydrogens (tertiary/aromatic N) is 2. The third-order valence-corrected chi connectivity index (χ3v) is 8.94. The summed E-state index contributed by atoms with van der Waals surface area (Å²) < 4.78 is 6.10. The van der Waals surface area contributed by atoms with Crippen molar-refractivity contribution in [3.8, 4) is 0 Å². The lowest BCUT2D eigenvalue weighted by Gasteiger charge is -2.63. The van der Waals surface area contributed by atoms with Gasteiger partial charge < -0.3 is 15.4 Å². The Kier molecular flexibility index (Phi) is 5.61. The van der Waals surface area contributed by atoms with Gasteiger partial charge in [0, 0.05) is 48.0 Å². The van der Waals surface area contributed by atoms with Gasteiger partial charge in [-0.15, -0.1) is 11.3 Å². The molecule has 5 atom stereocenters. The first-order chi connectivity index (χ1) is 14.2. The highest BCUT2D eigenvalue weighted by molar-refractivity contribution is 7.10. The van der Waals surface area contributed by atoms with Crippen LogP contribution >= 0.6 is 11.3 Å². The van der Waals surface area contributed by atoms with Gasteiger partial charge in [-0.25, -0.2) is 0 Å². The van der Waals surface area contributed by atoms with Crippen molar-refractivity contribution in [2.75, 3.05) is 33.3 Å². The minimum atomic E-state index is 0.391. The van der Waals surface area contributed by atoms with Crippen molar-refractivity contribution in [1.82, 2.24) is 15.5 Å². The Bertz CT molecular complexity index is 716. The average Bonchev–Trinajstić information content (AvgIpc) is 3.34. The largest absolute Gasteiger partial charge is 0.377 e. The lowest BCUT2D eigenvalue weighted by atomic mass is 9.46. The number of likely N-dealkylation sites (tertiary alicyclic amines) is 1. The van der Waals surface area contributed by atoms with Crippen LogP contribution < -0.4 is 10.6 Å². The molecule has 1 aromatic heterocycles. The molecule has 0 bridgehead atoms. The molecule has 0 radical (unpaired) electrons. The van der Waals surface area contributed by atoms with E-state index >= 15 is 0 Å². The summed E-state index contributed by atoms with van der Waals surface area (Å²) in [5, 5.41) is 9.61. The van der Waals surface area contributed by atoms with E-state index in [-0.39, 0.29) is 0 Å². The molecule has 4 fully saturated rings. The van der Waals surface area contributed by atoms with Gasteiger partial charge in [0.2, 0.25) is 0 Å². The molecule has 2 saturated carbocycles. The third kappa shape index (κ3) is 3.41. The number of hydrogen-bond donors (Lipinski definition) is 2. The summed E-state index contributed by atoms with van der Waals surface area (Å²) in [6.07, 6.45) is 8.24. The summed E-state index contributed by atoms with van der Waals surface area (Å²) in [5.74, 6) is 2.29. The Labute approximate surface area is 179 Å². The van der Waals surface area contributed by atoms with Gasteiger partial charge in [-0.3, -0.25) is 9.89 Å². The maximum absolute atomic E-state index is 6.10. The second-order valence-corrected chi connectivity index (χ2v) is 10.5. The van der Waals surface area contributed by atoms with Gasteiger partial charge in [0.15, 0.2) is 5.96 Å². The molecule has 3 heterocycles. The Morgan fingerprint density at radius 2 is 2.24 bits per heavy atom. The predicted molar refractivity (Wildman–Crippen MR) is 119 cm³/mol. The number of hydrogen-bond acceptors (Lipinski definition) is 4. The summed E-state index contributed by atoms with van der Waals surface area (Å²) in [6.45, 7) is 6.11. The van der Waals surface area contributed by atoms with Gasteiger partial charge in [0.1, 0.15) is 0 Å². The predicted octanol–water partition coefficient (Wildman–Crippen LogP) is 3.64. The summed E-state index contributed by atoms with van der Waals surface area (Å²) in [6, 6.07) is 5.53. The lowest BCUT2D eigenvalue weighted by molar-refractivity contribution is -0.171. The smallest absolute Gasteiger partial charge is 0.191 e. The Balaban J connectivity index is 1.29. The van der Waals surface area contributed by atoms with E-state index in [4.69, 9.17) is 9.73 Å². The zero-order chi connectivity index (χ0) is 19.8. The fourth-order valence-corrected chi connectivity index (χ4v) is 7.47. The number of aliphatic imine (C=N–C) groups is 1. The number of ether oxygens (including phenoxy) is 1. The zero-order valence-corrected chi connectivity index (χ0v) is 18.7. The van der Waals surface area contributed by atoms with Crippen LogP contribution in [0.4, 0.5) is 0 Å². The van der Waals surface area contributed by atoms with E-state index in [1.165, 1.54) is 49.9 Å². The molecule has 4 aliphatic rings. The molecule has 2 saturated heterocycles. The minimum absolute atomic E-state index is 0.391. The first-order valence-electron chi connectivity index (χ1n) is 11.6. The van der Waals surface area contributed by atoms with E-state index < -0.39 is 0 Å². The maximum Gasteiger partial charge on any atom is 0.191 e. The number of rotatable bonds is 5. The molecule has 6 heteroatoms. The fourth-order valence-electron chi connectivity index (χ4n) is 6.49. The molecule has 2 N–H and O–H groups in total. The Morgan fingerprint density at radius 1 is 1.34 bits per heavy atom. The van der Waals surface area contributed by atoms with E-state index in [0.29, 0.717) is 35.4 Å². The number of thiophene rings is 1. The van der Waals surface area contributed by atoms with E-state index in [1.807, 2.05) is 11.3 Å². The lowest BCUT2D eigenvalue weighted by Crippen LogP contribution is -2.72. The average molecular weight is 417 g/mol. The molecule has 5 nitrogen and oxygen atoms in total. The molecule has 2 aliphatic carbocycles. The standard InChI is InChI=1S/C23H36N4OS/c1-3-24-22(26-20-17-9-13-28-21(17)23(20)10-6-11-23)25-15-16-7-4-12-27(2)19(16)18-8-5-14-29-18/h5,8,14,16-17,19-21H,3-4,6-7,9-13,15H2,1-2H3,(H2,24,25,26). The second kappa shape index (κ2) is 8.20. The number of guanidine groups is 1. The molecular weight excluding hydrogens is 380 g/mol. The third-order valence-electron chi connectivity index (χ3n) is 8.00. The van der Waals surface area contributed by atoms with Gasteiger partial charge in [0.05, 0.1) is 6.10 Å². The van der Waals surface area contributed by atoms with Gasteiger partial charge in [0.25, 0.3) is 0 Å². The van der Waals surface area contributed by atoms with Crippen LogP contribution in [-0.4, -0.2) is 56.3 Å². The Hall–Kier alpha value is -1.11. The first kappa shape index (κ1) is 19.8. The quantitative estimate of drug-likeness (QED) is 0.568. The van der Waals surface area contributed by atoms with Crippen LogP contribution in [-0.2, 0) is 4.74 Å². The van der Waals surface area contributed by atoms with E-state index in [2.05, 4.69) is 47.0 Å². The highest BCUT2D eigenvalue weighted by atomic mass is 32.1. The molecule has 29 heavy (non-hydrogen) atoms. The zero-order valence-electron chi connectivity index (χ0n) is 17.9. The van der Waals surface area contributed by atoms with E-state index in [1.54, 1.807) is 0 Å². The van der Waals surface area contributed by atoms with Gasteiger partial charge >= 0.3 is 0 Å². The van der Waals surface area contributed by atoms with Gasteiger partial charge in [-0.1, -0.05) is 12.5 Å². The van der Waals surface area contributed by atoms with Crippen molar-refractivity contribution in [2.45, 2.75) is 63.6 Å². The summed E-state index contributed by atoms with van der Waals surface area (Å²) in [4.78, 5) is 9.15. The van der Waals surface area contributed by atoms with Crippen LogP contribution in [0.2, 0.25) is 0 Å². The van der Waals surface area contributed by atoms with E-state index in [9.17, 15) is 0 Å². The van der Waals surface area contributed by atoms with Crippen LogP contribution in [0.1, 0.15) is 56.4 Å². The second-order valence-electron chi connectivity index (χ2n) is 9.52. The van der Waals surface area contributed by atoms with Gasteiger partial charge in [-0.2, -0.15) is 0 Å². The minimum Gasteiger partial charge on any atom is -0.377 e. The molecule has 1 spiro atoms. The summed E-state index contributed by atoms with van der Waals surface area (Å²) in [5.41, 5.74) is 0.391. The van der Waals surface area contributed by atoms with Crippen molar-refractivity contribution < 1.29 is 4.74 Å². The molecule has 5 rings (SSSR count). The number of nitrogens with one attached hydrogen (secondary N) is 2. The van der Waals surface area contributed by atoms with Crippen molar-refractivity contribution in [3.05, 3.63) is 22.4 Å². The van der Waals surface area contributed by atoms with Crippen LogP contribution in [0, 0.1) is 17.3 Å². The summed E-state index contributed by atoms with van der Waals surface area (Å²) in [7, 11) is 2.28. The molecule has 5 unspecified atom stereocenters. The van der Waals surface area contributed by atoms with Crippen molar-refractivity contribution in [3.63, 3.8) is 0 Å². The van der Waals surface area contributed by atoms with E-state index in [0.717, 1.165) is 25.7 Å². The molecule has 0 amide bonds. The molecule has 160 valence electrons. The van der Waals surface area contributed by atoms with Crippen LogP contribution in [0.5, 0.6) is 0 Å². The van der Waals surface area contributed by atoms with Crippen molar-refractivity contribution in [1.29, 1.82) is 0 Å². The normalized spacial score (nSPS) is 36.3. The van der Waals surface area contributed by atoms with Crippen molar-refractivity contribution >= 4 is 17.3 Å². The highest BCUT2D eigenvalue weighted by Crippen LogP contribution is 2.62. The topological polar surface area (TPSA) is 48.9 Å². The summed E-state index contributed by atoms with van der Waals surface area (Å²) >= 11 is 1.89. The molecule has 1 aromatic rings. The maximum atomic E-state index is 6.10. The molecule has 2 aliphatic heterocycles. The van der Waals surface area contributed by atoms with Crippen LogP contribution in [0.3, 0.4) is 0 Å². The molecule has 0 aromatic carbocycles. The SMILES string of the molecule is CCNC(=NCC1CCCN(C)C1c1cccs1)NC1C2CCOC2C12CCC2. The monoisotopic (exact) mass is 416 g/mol. The first-order valence-corrected chi connectivity index (χ1v) is 12.5. The molecular formula is C23H36N4OS.